The van der Waals surface area contributed by atoms with Crippen molar-refractivity contribution >= 4 is 17.8 Å². The van der Waals surface area contributed by atoms with Gasteiger partial charge in [-0.25, -0.2) is 4.79 Å². The average molecular weight is 367 g/mol. The van der Waals surface area contributed by atoms with Gasteiger partial charge in [-0.05, 0) is 30.5 Å². The van der Waals surface area contributed by atoms with Crippen LogP contribution in [0.3, 0.4) is 0 Å². The Balaban J connectivity index is 1.59. The molecule has 2 N–H and O–H groups in total. The van der Waals surface area contributed by atoms with Gasteiger partial charge in [0.25, 0.3) is 5.91 Å². The van der Waals surface area contributed by atoms with E-state index in [1.807, 2.05) is 0 Å². The first-order valence-corrected chi connectivity index (χ1v) is 8.40. The van der Waals surface area contributed by atoms with E-state index >= 15 is 0 Å². The van der Waals surface area contributed by atoms with Crippen molar-refractivity contribution in [1.82, 2.24) is 15.8 Å². The highest BCUT2D eigenvalue weighted by Crippen LogP contribution is 2.33. The molecule has 0 radical (unpaired) electrons. The molecule has 9 heteroatoms. The fraction of sp³-hybridized carbons (Fsp3) is 0.471. The zero-order valence-corrected chi connectivity index (χ0v) is 14.0. The van der Waals surface area contributed by atoms with Gasteiger partial charge in [0, 0.05) is 0 Å². The maximum atomic E-state index is 12.6. The summed E-state index contributed by atoms with van der Waals surface area (Å²) in [5.41, 5.74) is 1.95. The fourth-order valence-electron chi connectivity index (χ4n) is 3.35. The number of halogens is 2. The summed E-state index contributed by atoms with van der Waals surface area (Å²) < 4.78 is 28.5. The Labute approximate surface area is 148 Å². The third kappa shape index (κ3) is 3.76. The van der Waals surface area contributed by atoms with E-state index < -0.39 is 30.0 Å². The van der Waals surface area contributed by atoms with Crippen molar-refractivity contribution in [2.24, 2.45) is 0 Å². The van der Waals surface area contributed by atoms with Crippen molar-refractivity contribution in [2.75, 3.05) is 0 Å². The number of benzene rings is 1. The van der Waals surface area contributed by atoms with Crippen LogP contribution in [0, 0.1) is 0 Å². The number of urea groups is 1. The number of hydrazine groups is 1. The van der Waals surface area contributed by atoms with Gasteiger partial charge >= 0.3 is 12.6 Å². The van der Waals surface area contributed by atoms with Crippen molar-refractivity contribution in [3.63, 3.8) is 0 Å². The molecule has 4 amide bonds. The molecule has 0 aromatic heterocycles. The van der Waals surface area contributed by atoms with Crippen molar-refractivity contribution < 1.29 is 27.9 Å². The molecule has 26 heavy (non-hydrogen) atoms. The lowest BCUT2D eigenvalue weighted by Crippen LogP contribution is -2.51. The fourth-order valence-corrected chi connectivity index (χ4v) is 3.35. The highest BCUT2D eigenvalue weighted by atomic mass is 19.3. The predicted molar refractivity (Wildman–Crippen MR) is 86.1 cm³/mol. The number of amides is 4. The van der Waals surface area contributed by atoms with E-state index in [2.05, 4.69) is 15.5 Å². The molecule has 0 unspecified atom stereocenters. The van der Waals surface area contributed by atoms with E-state index in [9.17, 15) is 23.2 Å². The maximum absolute atomic E-state index is 12.6. The molecular weight excluding hydrogens is 348 g/mol. The highest BCUT2D eigenvalue weighted by Gasteiger charge is 2.52. The van der Waals surface area contributed by atoms with E-state index in [1.165, 1.54) is 24.3 Å². The van der Waals surface area contributed by atoms with Crippen LogP contribution in [0.2, 0.25) is 0 Å². The molecule has 1 spiro atoms. The van der Waals surface area contributed by atoms with Gasteiger partial charge in [-0.3, -0.25) is 15.0 Å². The number of imide groups is 1. The Morgan fingerprint density at radius 3 is 2.46 bits per heavy atom. The second kappa shape index (κ2) is 7.27. The number of alkyl halides is 2. The van der Waals surface area contributed by atoms with Gasteiger partial charge in [0.15, 0.2) is 0 Å². The van der Waals surface area contributed by atoms with Gasteiger partial charge in [-0.15, -0.1) is 0 Å². The minimum atomic E-state index is -2.92. The summed E-state index contributed by atoms with van der Waals surface area (Å²) in [7, 11) is 0. The van der Waals surface area contributed by atoms with Crippen LogP contribution in [-0.2, 0) is 16.0 Å². The average Bonchev–Trinajstić information content (AvgIpc) is 2.81. The van der Waals surface area contributed by atoms with Gasteiger partial charge in [-0.1, -0.05) is 31.4 Å². The molecule has 7 nitrogen and oxygen atoms in total. The molecule has 1 aromatic rings. The van der Waals surface area contributed by atoms with E-state index in [-0.39, 0.29) is 12.2 Å². The molecule has 0 atom stereocenters. The van der Waals surface area contributed by atoms with E-state index in [0.717, 1.165) is 24.3 Å². The Bertz CT molecular complexity index is 702. The molecule has 0 bridgehead atoms. The number of carbonyl (C=O) groups excluding carboxylic acids is 3. The predicted octanol–water partition coefficient (Wildman–Crippen LogP) is 2.12. The number of rotatable bonds is 5. The summed E-state index contributed by atoms with van der Waals surface area (Å²) in [6.45, 7) is -2.92. The molecule has 2 fully saturated rings. The minimum Gasteiger partial charge on any atom is -0.435 e. The van der Waals surface area contributed by atoms with Crippen LogP contribution in [-0.4, -0.2) is 35.0 Å². The van der Waals surface area contributed by atoms with Crippen molar-refractivity contribution in [1.29, 1.82) is 0 Å². The second-order valence-corrected chi connectivity index (χ2v) is 6.45. The number of hydrogen-bond donors (Lipinski definition) is 2. The molecule has 3 rings (SSSR count). The SMILES string of the molecule is O=C(Cc1ccc(OC(F)F)cc1)NN1C(=O)NC2(CCCCC2)C1=O. The monoisotopic (exact) mass is 367 g/mol. The minimum absolute atomic E-state index is 0.0162. The summed E-state index contributed by atoms with van der Waals surface area (Å²) in [6, 6.07) is 4.93. The van der Waals surface area contributed by atoms with Gasteiger partial charge in [0.1, 0.15) is 11.3 Å². The van der Waals surface area contributed by atoms with Gasteiger partial charge in [0.2, 0.25) is 5.91 Å². The van der Waals surface area contributed by atoms with E-state index in [1.54, 1.807) is 0 Å². The normalized spacial score (nSPS) is 19.0. The molecule has 140 valence electrons. The number of nitrogens with one attached hydrogen (secondary N) is 2. The van der Waals surface area contributed by atoms with Crippen LogP contribution < -0.4 is 15.5 Å². The highest BCUT2D eigenvalue weighted by molar-refractivity contribution is 6.08. The maximum Gasteiger partial charge on any atom is 0.387 e. The largest absolute Gasteiger partial charge is 0.435 e. The smallest absolute Gasteiger partial charge is 0.387 e. The first-order valence-electron chi connectivity index (χ1n) is 8.40. The number of ether oxygens (including phenoxy) is 1. The quantitative estimate of drug-likeness (QED) is 0.781. The molecule has 1 heterocycles. The van der Waals surface area contributed by atoms with Crippen LogP contribution in [0.25, 0.3) is 0 Å². The molecular formula is C17H19F2N3O4. The van der Waals surface area contributed by atoms with Gasteiger partial charge in [0.05, 0.1) is 6.42 Å². The Morgan fingerprint density at radius 1 is 1.19 bits per heavy atom. The van der Waals surface area contributed by atoms with Crippen molar-refractivity contribution in [3.05, 3.63) is 29.8 Å². The van der Waals surface area contributed by atoms with E-state index in [4.69, 9.17) is 0 Å². The van der Waals surface area contributed by atoms with Gasteiger partial charge < -0.3 is 10.1 Å². The van der Waals surface area contributed by atoms with Crippen LogP contribution in [0.5, 0.6) is 5.75 Å². The summed E-state index contributed by atoms with van der Waals surface area (Å²) >= 11 is 0. The summed E-state index contributed by atoms with van der Waals surface area (Å²) in [6.07, 6.45) is 3.73. The van der Waals surface area contributed by atoms with E-state index in [0.29, 0.717) is 18.4 Å². The lowest BCUT2D eigenvalue weighted by Gasteiger charge is -2.30. The Kier molecular flexibility index (Phi) is 5.06. The molecule has 1 aromatic carbocycles. The molecule has 1 saturated heterocycles. The first-order chi connectivity index (χ1) is 12.4. The van der Waals surface area contributed by atoms with Crippen LogP contribution in [0.15, 0.2) is 24.3 Å². The van der Waals surface area contributed by atoms with Crippen molar-refractivity contribution in [3.8, 4) is 5.75 Å². The number of nitrogens with zero attached hydrogens (tertiary/aromatic N) is 1. The molecule has 2 aliphatic rings. The summed E-state index contributed by atoms with van der Waals surface area (Å²) in [4.78, 5) is 36.8. The van der Waals surface area contributed by atoms with Crippen LogP contribution in [0.4, 0.5) is 13.6 Å². The topological polar surface area (TPSA) is 87.7 Å². The Morgan fingerprint density at radius 2 is 1.85 bits per heavy atom. The first kappa shape index (κ1) is 18.1. The molecule has 1 aliphatic carbocycles. The zero-order valence-electron chi connectivity index (χ0n) is 14.0. The van der Waals surface area contributed by atoms with Crippen LogP contribution >= 0.6 is 0 Å². The molecule has 1 aliphatic heterocycles. The third-order valence-corrected chi connectivity index (χ3v) is 4.62. The number of carbonyl (C=O) groups is 3. The molecule has 1 saturated carbocycles. The lowest BCUT2D eigenvalue weighted by molar-refractivity contribution is -0.139. The zero-order chi connectivity index (χ0) is 18.7. The summed E-state index contributed by atoms with van der Waals surface area (Å²) in [5.74, 6) is -1.00. The van der Waals surface area contributed by atoms with Crippen LogP contribution in [0.1, 0.15) is 37.7 Å². The number of hydrogen-bond acceptors (Lipinski definition) is 4. The summed E-state index contributed by atoms with van der Waals surface area (Å²) in [5, 5.41) is 3.44. The second-order valence-electron chi connectivity index (χ2n) is 6.45. The lowest BCUT2D eigenvalue weighted by atomic mass is 9.82. The third-order valence-electron chi connectivity index (χ3n) is 4.62. The Hall–Kier alpha value is -2.71. The standard InChI is InChI=1S/C17H19F2N3O4/c18-15(19)26-12-6-4-11(5-7-12)10-13(23)21-22-14(24)17(20-16(22)25)8-2-1-3-9-17/h4-7,15H,1-3,8-10H2,(H,20,25)(H,21,23). The van der Waals surface area contributed by atoms with Crippen molar-refractivity contribution in [2.45, 2.75) is 50.7 Å². The van der Waals surface area contributed by atoms with Gasteiger partial charge in [-0.2, -0.15) is 13.8 Å².